The number of hydrogen-bond donors (Lipinski definition) is 1. The maximum Gasteiger partial charge on any atom is 0.253 e. The zero-order valence-corrected chi connectivity index (χ0v) is 17.9. The van der Waals surface area contributed by atoms with E-state index in [1.54, 1.807) is 25.1 Å². The molecular weight excluding hydrogens is 390 g/mol. The minimum Gasteiger partial charge on any atom is -0.394 e. The molecule has 6 heteroatoms. The zero-order valence-electron chi connectivity index (χ0n) is 17.9. The van der Waals surface area contributed by atoms with Crippen LogP contribution >= 0.6 is 0 Å². The quantitative estimate of drug-likeness (QED) is 0.810. The number of nitrogens with zero attached hydrogens (tertiary/aromatic N) is 3. The van der Waals surface area contributed by atoms with Gasteiger partial charge in [0.2, 0.25) is 5.91 Å². The fourth-order valence-electron chi connectivity index (χ4n) is 4.68. The van der Waals surface area contributed by atoms with Crippen LogP contribution in [0.1, 0.15) is 41.1 Å². The van der Waals surface area contributed by atoms with E-state index in [0.717, 1.165) is 36.0 Å². The molecule has 1 aliphatic heterocycles. The van der Waals surface area contributed by atoms with Gasteiger partial charge in [0.15, 0.2) is 0 Å². The second kappa shape index (κ2) is 8.52. The summed E-state index contributed by atoms with van der Waals surface area (Å²) in [5.41, 5.74) is 3.29. The lowest BCUT2D eigenvalue weighted by atomic mass is 9.71. The van der Waals surface area contributed by atoms with Gasteiger partial charge in [0.05, 0.1) is 18.7 Å². The van der Waals surface area contributed by atoms with Crippen LogP contribution in [0, 0.1) is 17.2 Å². The molecule has 0 aromatic heterocycles. The molecule has 1 saturated heterocycles. The maximum absolute atomic E-state index is 12.9. The highest BCUT2D eigenvalue weighted by Crippen LogP contribution is 2.46. The minimum atomic E-state index is -0.599. The number of carbonyl (C=O) groups is 2. The van der Waals surface area contributed by atoms with Gasteiger partial charge in [-0.2, -0.15) is 5.26 Å². The summed E-state index contributed by atoms with van der Waals surface area (Å²) in [6.45, 7) is -0.186. The average molecular weight is 418 g/mol. The molecule has 1 heterocycles. The van der Waals surface area contributed by atoms with E-state index >= 15 is 0 Å². The van der Waals surface area contributed by atoms with Crippen molar-refractivity contribution in [2.45, 2.75) is 37.3 Å². The van der Waals surface area contributed by atoms with Gasteiger partial charge in [0, 0.05) is 31.5 Å². The first-order valence-corrected chi connectivity index (χ1v) is 10.7. The van der Waals surface area contributed by atoms with Crippen molar-refractivity contribution in [1.82, 2.24) is 9.80 Å². The van der Waals surface area contributed by atoms with Crippen molar-refractivity contribution < 1.29 is 14.7 Å². The van der Waals surface area contributed by atoms with Gasteiger partial charge < -0.3 is 14.9 Å². The van der Waals surface area contributed by atoms with Crippen molar-refractivity contribution >= 4 is 11.8 Å². The van der Waals surface area contributed by atoms with Crippen LogP contribution in [-0.2, 0) is 4.79 Å². The van der Waals surface area contributed by atoms with Gasteiger partial charge in [-0.1, -0.05) is 42.8 Å². The van der Waals surface area contributed by atoms with E-state index in [1.807, 2.05) is 42.5 Å². The number of nitriles is 1. The molecule has 1 saturated carbocycles. The molecule has 0 spiro atoms. The van der Waals surface area contributed by atoms with Gasteiger partial charge in [0.1, 0.15) is 6.04 Å². The number of hydrogen-bond acceptors (Lipinski definition) is 4. The molecule has 1 N–H and O–H groups in total. The number of aliphatic hydroxyl groups excluding tert-OH is 1. The van der Waals surface area contributed by atoms with Crippen molar-refractivity contribution in [3.8, 4) is 17.2 Å². The Balaban J connectivity index is 1.70. The summed E-state index contributed by atoms with van der Waals surface area (Å²) in [6, 6.07) is 16.5. The maximum atomic E-state index is 12.9. The first-order valence-electron chi connectivity index (χ1n) is 10.7. The third-order valence-electron chi connectivity index (χ3n) is 6.59. The van der Waals surface area contributed by atoms with E-state index in [2.05, 4.69) is 6.07 Å². The molecule has 1 aliphatic carbocycles. The van der Waals surface area contributed by atoms with Crippen LogP contribution in [0.4, 0.5) is 0 Å². The van der Waals surface area contributed by atoms with Crippen molar-refractivity contribution in [1.29, 1.82) is 5.26 Å². The highest BCUT2D eigenvalue weighted by molar-refractivity contribution is 5.95. The molecule has 0 bridgehead atoms. The van der Waals surface area contributed by atoms with Crippen LogP contribution in [0.2, 0.25) is 0 Å². The largest absolute Gasteiger partial charge is 0.394 e. The molecule has 0 radical (unpaired) electrons. The number of amides is 2. The third-order valence-corrected chi connectivity index (χ3v) is 6.59. The predicted octanol–water partition coefficient (Wildman–Crippen LogP) is 3.03. The minimum absolute atomic E-state index is 0.0100. The van der Waals surface area contributed by atoms with Crippen LogP contribution in [0.25, 0.3) is 11.1 Å². The first-order chi connectivity index (χ1) is 15.0. The number of benzene rings is 2. The van der Waals surface area contributed by atoms with E-state index in [4.69, 9.17) is 0 Å². The normalized spacial score (nSPS) is 22.8. The van der Waals surface area contributed by atoms with Crippen LogP contribution < -0.4 is 0 Å². The van der Waals surface area contributed by atoms with Crippen LogP contribution in [0.15, 0.2) is 48.5 Å². The standard InChI is InChI=1S/C25H27N3O3/c1-27(2)24(30)18-10-6-9-17(13-18)19-11-3-4-12-20(19)23-21(14-26)28(22(23)15-29)25(31)16-7-5-8-16/h3-4,6,9-13,16,21-23,29H,5,7-8,15H2,1-2H3/t21-,22-,23+/m0/s1. The van der Waals surface area contributed by atoms with E-state index in [-0.39, 0.29) is 30.3 Å². The number of rotatable bonds is 5. The highest BCUT2D eigenvalue weighted by atomic mass is 16.3. The topological polar surface area (TPSA) is 84.6 Å². The fraction of sp³-hybridized carbons (Fsp3) is 0.400. The second-order valence-corrected chi connectivity index (χ2v) is 8.59. The van der Waals surface area contributed by atoms with Gasteiger partial charge in [-0.25, -0.2) is 0 Å². The molecule has 2 amide bonds. The van der Waals surface area contributed by atoms with E-state index in [9.17, 15) is 20.0 Å². The molecule has 2 aliphatic rings. The van der Waals surface area contributed by atoms with Gasteiger partial charge in [-0.05, 0) is 41.7 Å². The Morgan fingerprint density at radius 3 is 2.52 bits per heavy atom. The Bertz CT molecular complexity index is 1040. The Morgan fingerprint density at radius 2 is 1.90 bits per heavy atom. The Hall–Kier alpha value is -3.17. The van der Waals surface area contributed by atoms with Crippen molar-refractivity contribution in [2.75, 3.05) is 20.7 Å². The summed E-state index contributed by atoms with van der Waals surface area (Å²) >= 11 is 0. The molecule has 2 aromatic rings. The molecule has 160 valence electrons. The van der Waals surface area contributed by atoms with E-state index < -0.39 is 12.1 Å². The fourth-order valence-corrected chi connectivity index (χ4v) is 4.68. The molecule has 3 atom stereocenters. The lowest BCUT2D eigenvalue weighted by molar-refractivity contribution is -0.154. The van der Waals surface area contributed by atoms with E-state index in [1.165, 1.54) is 4.90 Å². The molecule has 2 aromatic carbocycles. The smallest absolute Gasteiger partial charge is 0.253 e. The molecule has 31 heavy (non-hydrogen) atoms. The van der Waals surface area contributed by atoms with Crippen molar-refractivity contribution in [3.63, 3.8) is 0 Å². The Morgan fingerprint density at radius 1 is 1.16 bits per heavy atom. The third kappa shape index (κ3) is 3.60. The summed E-state index contributed by atoms with van der Waals surface area (Å²) in [4.78, 5) is 28.4. The lowest BCUT2D eigenvalue weighted by Crippen LogP contribution is -2.66. The van der Waals surface area contributed by atoms with Gasteiger partial charge >= 0.3 is 0 Å². The van der Waals surface area contributed by atoms with Crippen molar-refractivity contribution in [3.05, 3.63) is 59.7 Å². The number of likely N-dealkylation sites (tertiary alicyclic amines) is 1. The monoisotopic (exact) mass is 417 g/mol. The molecule has 6 nitrogen and oxygen atoms in total. The van der Waals surface area contributed by atoms with Gasteiger partial charge in [-0.15, -0.1) is 0 Å². The van der Waals surface area contributed by atoms with Crippen LogP contribution in [-0.4, -0.2) is 59.5 Å². The number of carbonyl (C=O) groups excluding carboxylic acids is 2. The number of aliphatic hydroxyl groups is 1. The molecule has 0 unspecified atom stereocenters. The molecule has 4 rings (SSSR count). The summed E-state index contributed by atoms with van der Waals surface area (Å²) in [7, 11) is 3.43. The first kappa shape index (κ1) is 21.1. The van der Waals surface area contributed by atoms with Gasteiger partial charge in [-0.3, -0.25) is 9.59 Å². The van der Waals surface area contributed by atoms with Crippen molar-refractivity contribution in [2.24, 2.45) is 5.92 Å². The summed E-state index contributed by atoms with van der Waals surface area (Å²) in [5, 5.41) is 20.0. The average Bonchev–Trinajstić information content (AvgIpc) is 2.72. The van der Waals surface area contributed by atoms with Crippen LogP contribution in [0.3, 0.4) is 0 Å². The second-order valence-electron chi connectivity index (χ2n) is 8.59. The molecular formula is C25H27N3O3. The Labute approximate surface area is 182 Å². The van der Waals surface area contributed by atoms with Gasteiger partial charge in [0.25, 0.3) is 5.91 Å². The Kier molecular flexibility index (Phi) is 5.79. The van der Waals surface area contributed by atoms with E-state index in [0.29, 0.717) is 5.56 Å². The SMILES string of the molecule is CN(C)C(=O)c1cccc(-c2ccccc2[C@@H]2[C@H](C#N)N(C(=O)C3CCC3)[C@H]2CO)c1. The summed E-state index contributed by atoms with van der Waals surface area (Å²) < 4.78 is 0. The van der Waals surface area contributed by atoms with Crippen LogP contribution in [0.5, 0.6) is 0 Å². The molecule has 2 fully saturated rings. The summed E-state index contributed by atoms with van der Waals surface area (Å²) in [5.74, 6) is -0.384. The predicted molar refractivity (Wildman–Crippen MR) is 117 cm³/mol. The lowest BCUT2D eigenvalue weighted by Gasteiger charge is -2.53. The zero-order chi connectivity index (χ0) is 22.1. The highest BCUT2D eigenvalue weighted by Gasteiger charge is 2.53. The summed E-state index contributed by atoms with van der Waals surface area (Å²) in [6.07, 6.45) is 2.76.